The first-order chi connectivity index (χ1) is 2.41. The molecule has 0 fully saturated rings. The number of halogens is 1. The van der Waals surface area contributed by atoms with Gasteiger partial charge >= 0.3 is 0 Å². The Hall–Kier alpha value is 0.170. The van der Waals surface area contributed by atoms with Crippen LogP contribution in [-0.2, 0) is 4.84 Å². The van der Waals surface area contributed by atoms with Crippen molar-refractivity contribution in [2.24, 2.45) is 5.90 Å². The first-order valence-corrected chi connectivity index (χ1v) is 1.34. The first kappa shape index (κ1) is 9.48. The standard InChI is InChI=1S/C2H7NO2.ClH/c3-5-2-1-4;/h4H,1-3H2;1H. The summed E-state index contributed by atoms with van der Waals surface area (Å²) in [7, 11) is 0. The highest BCUT2D eigenvalue weighted by Gasteiger charge is 1.68. The molecule has 0 bridgehead atoms. The van der Waals surface area contributed by atoms with Crippen LogP contribution in [0.2, 0.25) is 0 Å². The van der Waals surface area contributed by atoms with Gasteiger partial charge in [-0.25, -0.2) is 5.90 Å². The SMILES string of the molecule is Cl.NOCCO. The Balaban J connectivity index is 0. The Morgan fingerprint density at radius 2 is 2.17 bits per heavy atom. The Bertz CT molecular complexity index is 19.0. The predicted molar refractivity (Wildman–Crippen MR) is 24.5 cm³/mol. The highest BCUT2D eigenvalue weighted by atomic mass is 35.5. The molecule has 0 amide bonds. The molecule has 0 aromatic carbocycles. The van der Waals surface area contributed by atoms with Crippen molar-refractivity contribution in [2.75, 3.05) is 13.2 Å². The lowest BCUT2D eigenvalue weighted by Gasteiger charge is -1.83. The third-order valence-corrected chi connectivity index (χ3v) is 0.209. The number of hydrogen-bond acceptors (Lipinski definition) is 3. The average Bonchev–Trinajstić information content (AvgIpc) is 1.41. The van der Waals surface area contributed by atoms with Crippen molar-refractivity contribution in [3.63, 3.8) is 0 Å². The molecule has 0 aliphatic heterocycles. The van der Waals surface area contributed by atoms with E-state index in [2.05, 4.69) is 10.7 Å². The van der Waals surface area contributed by atoms with Crippen molar-refractivity contribution in [2.45, 2.75) is 0 Å². The molecule has 0 unspecified atom stereocenters. The number of aliphatic hydroxyl groups excluding tert-OH is 1. The molecule has 0 heterocycles. The third kappa shape index (κ3) is 8.90. The van der Waals surface area contributed by atoms with Crippen molar-refractivity contribution < 1.29 is 9.94 Å². The Morgan fingerprint density at radius 3 is 2.17 bits per heavy atom. The second-order valence-corrected chi connectivity index (χ2v) is 0.594. The molecular formula is C2H8ClNO2. The topological polar surface area (TPSA) is 55.5 Å². The molecule has 0 radical (unpaired) electrons. The average molecular weight is 114 g/mol. The zero-order chi connectivity index (χ0) is 4.12. The second-order valence-electron chi connectivity index (χ2n) is 0.594. The molecule has 0 atom stereocenters. The number of rotatable bonds is 2. The van der Waals surface area contributed by atoms with Gasteiger partial charge in [0.25, 0.3) is 0 Å². The molecule has 0 spiro atoms. The van der Waals surface area contributed by atoms with Crippen LogP contribution in [0.15, 0.2) is 0 Å². The molecule has 0 aliphatic carbocycles. The maximum atomic E-state index is 7.86. The van der Waals surface area contributed by atoms with Crippen molar-refractivity contribution >= 4 is 12.4 Å². The zero-order valence-corrected chi connectivity index (χ0v) is 4.07. The molecule has 40 valence electrons. The fourth-order valence-electron chi connectivity index (χ4n) is 0.0527. The molecule has 0 aromatic rings. The van der Waals surface area contributed by atoms with Crippen LogP contribution in [0.3, 0.4) is 0 Å². The van der Waals surface area contributed by atoms with E-state index in [0.29, 0.717) is 0 Å². The highest BCUT2D eigenvalue weighted by Crippen LogP contribution is 1.51. The summed E-state index contributed by atoms with van der Waals surface area (Å²) < 4.78 is 0. The summed E-state index contributed by atoms with van der Waals surface area (Å²) in [5, 5.41) is 7.86. The van der Waals surface area contributed by atoms with Crippen LogP contribution in [0.5, 0.6) is 0 Å². The van der Waals surface area contributed by atoms with E-state index in [4.69, 9.17) is 5.11 Å². The highest BCUT2D eigenvalue weighted by molar-refractivity contribution is 5.85. The lowest BCUT2D eigenvalue weighted by Crippen LogP contribution is -2.03. The van der Waals surface area contributed by atoms with E-state index in [1.54, 1.807) is 0 Å². The van der Waals surface area contributed by atoms with Gasteiger partial charge in [0.15, 0.2) is 0 Å². The molecule has 0 saturated carbocycles. The molecule has 0 rings (SSSR count). The molecule has 0 aliphatic rings. The summed E-state index contributed by atoms with van der Waals surface area (Å²) in [5.41, 5.74) is 0. The Morgan fingerprint density at radius 1 is 1.67 bits per heavy atom. The van der Waals surface area contributed by atoms with Gasteiger partial charge in [0.2, 0.25) is 0 Å². The van der Waals surface area contributed by atoms with Crippen LogP contribution in [0.4, 0.5) is 0 Å². The minimum Gasteiger partial charge on any atom is -0.394 e. The molecular weight excluding hydrogens is 105 g/mol. The molecule has 0 aromatic heterocycles. The quantitative estimate of drug-likeness (QED) is 0.465. The minimum absolute atomic E-state index is 0. The van der Waals surface area contributed by atoms with E-state index in [1.165, 1.54) is 0 Å². The van der Waals surface area contributed by atoms with Gasteiger partial charge in [-0.1, -0.05) is 0 Å². The summed E-state index contributed by atoms with van der Waals surface area (Å²) in [6.45, 7) is 0.219. The zero-order valence-electron chi connectivity index (χ0n) is 3.26. The van der Waals surface area contributed by atoms with E-state index < -0.39 is 0 Å². The summed E-state index contributed by atoms with van der Waals surface area (Å²) in [5.74, 6) is 4.48. The van der Waals surface area contributed by atoms with Crippen molar-refractivity contribution in [3.05, 3.63) is 0 Å². The van der Waals surface area contributed by atoms with Gasteiger partial charge in [0, 0.05) is 0 Å². The number of nitrogens with two attached hydrogens (primary N) is 1. The van der Waals surface area contributed by atoms with Gasteiger partial charge in [-0.05, 0) is 0 Å². The Kier molecular flexibility index (Phi) is 14.1. The maximum absolute atomic E-state index is 7.86. The van der Waals surface area contributed by atoms with Gasteiger partial charge in [0.1, 0.15) is 0 Å². The van der Waals surface area contributed by atoms with E-state index in [-0.39, 0.29) is 25.6 Å². The molecule has 0 saturated heterocycles. The van der Waals surface area contributed by atoms with Crippen LogP contribution in [0, 0.1) is 0 Å². The summed E-state index contributed by atoms with van der Waals surface area (Å²) in [6.07, 6.45) is 0. The summed E-state index contributed by atoms with van der Waals surface area (Å²) >= 11 is 0. The van der Waals surface area contributed by atoms with Crippen LogP contribution < -0.4 is 5.90 Å². The lowest BCUT2D eigenvalue weighted by atomic mass is 10.8. The molecule has 4 heteroatoms. The monoisotopic (exact) mass is 113 g/mol. The van der Waals surface area contributed by atoms with Crippen molar-refractivity contribution in [3.8, 4) is 0 Å². The second kappa shape index (κ2) is 8.95. The van der Waals surface area contributed by atoms with E-state index in [9.17, 15) is 0 Å². The largest absolute Gasteiger partial charge is 0.394 e. The first-order valence-electron chi connectivity index (χ1n) is 1.34. The normalized spacial score (nSPS) is 7.00. The van der Waals surface area contributed by atoms with Crippen LogP contribution in [0.1, 0.15) is 0 Å². The molecule has 3 nitrogen and oxygen atoms in total. The van der Waals surface area contributed by atoms with E-state index in [0.717, 1.165) is 0 Å². The molecule has 6 heavy (non-hydrogen) atoms. The molecule has 3 N–H and O–H groups in total. The van der Waals surface area contributed by atoms with Crippen molar-refractivity contribution in [1.29, 1.82) is 0 Å². The fourth-order valence-corrected chi connectivity index (χ4v) is 0.0527. The van der Waals surface area contributed by atoms with Gasteiger partial charge in [-0.2, -0.15) is 0 Å². The van der Waals surface area contributed by atoms with Gasteiger partial charge in [-0.15, -0.1) is 12.4 Å². The van der Waals surface area contributed by atoms with Gasteiger partial charge < -0.3 is 9.94 Å². The predicted octanol–water partition coefficient (Wildman–Crippen LogP) is -0.709. The number of hydrogen-bond donors (Lipinski definition) is 2. The summed E-state index contributed by atoms with van der Waals surface area (Å²) in [4.78, 5) is 3.94. The minimum atomic E-state index is -0.00347. The fraction of sp³-hybridized carbons (Fsp3) is 1.00. The smallest absolute Gasteiger partial charge is 0.0910 e. The third-order valence-electron chi connectivity index (χ3n) is 0.209. The van der Waals surface area contributed by atoms with Crippen LogP contribution in [0.25, 0.3) is 0 Å². The van der Waals surface area contributed by atoms with Crippen LogP contribution >= 0.6 is 12.4 Å². The Labute approximate surface area is 42.5 Å². The number of aliphatic hydroxyl groups is 1. The summed E-state index contributed by atoms with van der Waals surface area (Å²) in [6, 6.07) is 0. The van der Waals surface area contributed by atoms with Gasteiger partial charge in [-0.3, -0.25) is 0 Å². The van der Waals surface area contributed by atoms with Gasteiger partial charge in [0.05, 0.1) is 13.2 Å². The lowest BCUT2D eigenvalue weighted by molar-refractivity contribution is 0.0938. The van der Waals surface area contributed by atoms with Crippen LogP contribution in [-0.4, -0.2) is 18.3 Å². The van der Waals surface area contributed by atoms with E-state index >= 15 is 0 Å². The van der Waals surface area contributed by atoms with Crippen molar-refractivity contribution in [1.82, 2.24) is 0 Å². The van der Waals surface area contributed by atoms with E-state index in [1.807, 2.05) is 0 Å². The maximum Gasteiger partial charge on any atom is 0.0910 e.